The highest BCUT2D eigenvalue weighted by atomic mass is 16.6. The van der Waals surface area contributed by atoms with Crippen LogP contribution >= 0.6 is 0 Å². The summed E-state index contributed by atoms with van der Waals surface area (Å²) in [5, 5.41) is 14.8. The predicted molar refractivity (Wildman–Crippen MR) is 156 cm³/mol. The molecule has 1 aliphatic heterocycles. The fourth-order valence-electron chi connectivity index (χ4n) is 4.78. The van der Waals surface area contributed by atoms with Crippen molar-refractivity contribution >= 4 is 34.3 Å². The van der Waals surface area contributed by atoms with Gasteiger partial charge in [0.15, 0.2) is 0 Å². The topological polar surface area (TPSA) is 118 Å². The first-order valence-corrected chi connectivity index (χ1v) is 13.4. The van der Waals surface area contributed by atoms with Crippen LogP contribution in [0.1, 0.15) is 36.7 Å². The molecule has 0 aliphatic carbocycles. The highest BCUT2D eigenvalue weighted by Crippen LogP contribution is 2.35. The number of rotatable bonds is 6. The largest absolute Gasteiger partial charge is 0.456 e. The fourth-order valence-corrected chi connectivity index (χ4v) is 4.78. The molecule has 4 aromatic rings. The number of benzene rings is 3. The normalized spacial score (nSPS) is 14.2. The van der Waals surface area contributed by atoms with Gasteiger partial charge >= 0.3 is 6.09 Å². The third kappa shape index (κ3) is 6.55. The van der Waals surface area contributed by atoms with Crippen LogP contribution in [0.4, 0.5) is 16.2 Å². The van der Waals surface area contributed by atoms with Crippen LogP contribution < -0.4 is 5.32 Å². The minimum absolute atomic E-state index is 0.0787. The molecule has 0 unspecified atom stereocenters. The lowest BCUT2D eigenvalue weighted by atomic mass is 10.1. The van der Waals surface area contributed by atoms with Gasteiger partial charge in [-0.3, -0.25) is 19.8 Å². The van der Waals surface area contributed by atoms with Crippen molar-refractivity contribution in [3.05, 3.63) is 94.0 Å². The first kappa shape index (κ1) is 27.9. The summed E-state index contributed by atoms with van der Waals surface area (Å²) in [5.74, 6) is 0.233. The Labute approximate surface area is 237 Å². The van der Waals surface area contributed by atoms with E-state index in [0.29, 0.717) is 36.6 Å². The second kappa shape index (κ2) is 11.4. The van der Waals surface area contributed by atoms with Crippen LogP contribution in [-0.4, -0.2) is 58.5 Å². The molecule has 212 valence electrons. The first-order valence-electron chi connectivity index (χ1n) is 13.4. The summed E-state index contributed by atoms with van der Waals surface area (Å²) in [6, 6.07) is 20.8. The molecule has 2 heterocycles. The quantitative estimate of drug-likeness (QED) is 0.218. The van der Waals surface area contributed by atoms with Gasteiger partial charge in [0.1, 0.15) is 16.9 Å². The molecule has 0 radical (unpaired) electrons. The van der Waals surface area contributed by atoms with Crippen LogP contribution in [0.25, 0.3) is 22.3 Å². The highest BCUT2D eigenvalue weighted by Gasteiger charge is 2.26. The average Bonchev–Trinajstić information content (AvgIpc) is 3.38. The van der Waals surface area contributed by atoms with E-state index in [4.69, 9.17) is 9.15 Å². The maximum Gasteiger partial charge on any atom is 0.410 e. The van der Waals surface area contributed by atoms with Crippen molar-refractivity contribution in [1.29, 1.82) is 0 Å². The zero-order chi connectivity index (χ0) is 29.1. The molecule has 0 saturated carbocycles. The Balaban J connectivity index is 1.31. The Morgan fingerprint density at radius 1 is 0.976 bits per heavy atom. The molecule has 0 bridgehead atoms. The lowest BCUT2D eigenvalue weighted by Gasteiger charge is -2.35. The molecule has 1 N–H and O–H groups in total. The van der Waals surface area contributed by atoms with Gasteiger partial charge in [0.25, 0.3) is 11.6 Å². The number of anilines is 1. The molecule has 10 heteroatoms. The number of hydrogen-bond acceptors (Lipinski definition) is 7. The molecule has 1 aliphatic rings. The number of non-ortho nitro benzene ring substituents is 1. The summed E-state index contributed by atoms with van der Waals surface area (Å²) in [7, 11) is 0. The maximum atomic E-state index is 12.9. The number of nitrogens with zero attached hydrogens (tertiary/aromatic N) is 3. The second-order valence-corrected chi connectivity index (χ2v) is 11.0. The number of nitro groups is 1. The Morgan fingerprint density at radius 3 is 2.37 bits per heavy atom. The smallest absolute Gasteiger partial charge is 0.410 e. The molecular formula is C31H32N4O6. The van der Waals surface area contributed by atoms with Crippen LogP contribution in [0.15, 0.2) is 77.2 Å². The first-order chi connectivity index (χ1) is 19.6. The molecule has 0 atom stereocenters. The van der Waals surface area contributed by atoms with Crippen LogP contribution in [-0.2, 0) is 11.3 Å². The Hall–Kier alpha value is -4.70. The lowest BCUT2D eigenvalue weighted by Crippen LogP contribution is -2.49. The summed E-state index contributed by atoms with van der Waals surface area (Å²) in [4.78, 5) is 39.8. The lowest BCUT2D eigenvalue weighted by molar-refractivity contribution is -0.384. The van der Waals surface area contributed by atoms with Gasteiger partial charge in [-0.1, -0.05) is 24.3 Å². The monoisotopic (exact) mass is 556 g/mol. The molecule has 2 amide bonds. The number of nitro benzene ring substituents is 1. The van der Waals surface area contributed by atoms with Crippen LogP contribution in [0.2, 0.25) is 0 Å². The third-order valence-electron chi connectivity index (χ3n) is 6.85. The SMILES string of the molecule is CC(C)(C)OC(=O)N1CCN(Cc2cccc3oc(-c4ccccc4NC(=O)c4ccc([N+](=O)[O-])cc4)cc23)CC1. The fraction of sp³-hybridized carbons (Fsp3) is 0.290. The second-order valence-electron chi connectivity index (χ2n) is 11.0. The molecule has 1 saturated heterocycles. The standard InChI is InChI=1S/C31H32N4O6/c1-31(2,3)41-30(37)34-17-15-33(16-18-34)20-22-7-6-10-27-25(22)19-28(40-27)24-8-4-5-9-26(24)32-29(36)21-11-13-23(14-12-21)35(38)39/h4-14,19H,15-18,20H2,1-3H3,(H,32,36). The number of carbonyl (C=O) groups excluding carboxylic acids is 2. The number of hydrogen-bond donors (Lipinski definition) is 1. The van der Waals surface area contributed by atoms with Gasteiger partial charge in [0.05, 0.1) is 10.6 Å². The maximum absolute atomic E-state index is 12.9. The molecule has 41 heavy (non-hydrogen) atoms. The van der Waals surface area contributed by atoms with E-state index in [2.05, 4.69) is 16.3 Å². The molecule has 1 aromatic heterocycles. The van der Waals surface area contributed by atoms with Gasteiger partial charge in [0, 0.05) is 61.4 Å². The number of ether oxygens (including phenoxy) is 1. The number of carbonyl (C=O) groups is 2. The van der Waals surface area contributed by atoms with Crippen molar-refractivity contribution in [2.75, 3.05) is 31.5 Å². The van der Waals surface area contributed by atoms with Gasteiger partial charge in [-0.15, -0.1) is 0 Å². The summed E-state index contributed by atoms with van der Waals surface area (Å²) < 4.78 is 11.7. The third-order valence-corrected chi connectivity index (χ3v) is 6.85. The van der Waals surface area contributed by atoms with E-state index < -0.39 is 10.5 Å². The zero-order valence-electron chi connectivity index (χ0n) is 23.3. The molecule has 0 spiro atoms. The van der Waals surface area contributed by atoms with Gasteiger partial charge < -0.3 is 19.4 Å². The van der Waals surface area contributed by atoms with Crippen molar-refractivity contribution in [2.45, 2.75) is 32.9 Å². The Bertz CT molecular complexity index is 1580. The van der Waals surface area contributed by atoms with Gasteiger partial charge in [0.2, 0.25) is 0 Å². The van der Waals surface area contributed by atoms with Gasteiger partial charge in [-0.25, -0.2) is 4.79 Å². The van der Waals surface area contributed by atoms with E-state index in [1.165, 1.54) is 24.3 Å². The number of para-hydroxylation sites is 1. The van der Waals surface area contributed by atoms with E-state index in [-0.39, 0.29) is 17.7 Å². The van der Waals surface area contributed by atoms with Gasteiger partial charge in [-0.05, 0) is 62.7 Å². The van der Waals surface area contributed by atoms with Crippen molar-refractivity contribution in [1.82, 2.24) is 9.80 Å². The van der Waals surface area contributed by atoms with Crippen molar-refractivity contribution < 1.29 is 23.7 Å². The minimum atomic E-state index is -0.519. The number of nitrogens with one attached hydrogen (secondary N) is 1. The number of amides is 2. The predicted octanol–water partition coefficient (Wildman–Crippen LogP) is 6.31. The Morgan fingerprint density at radius 2 is 1.68 bits per heavy atom. The van der Waals surface area contributed by atoms with E-state index in [0.717, 1.165) is 35.2 Å². The van der Waals surface area contributed by atoms with Crippen molar-refractivity contribution in [3.63, 3.8) is 0 Å². The van der Waals surface area contributed by atoms with E-state index >= 15 is 0 Å². The molecule has 10 nitrogen and oxygen atoms in total. The van der Waals surface area contributed by atoms with E-state index in [9.17, 15) is 19.7 Å². The highest BCUT2D eigenvalue weighted by molar-refractivity contribution is 6.06. The van der Waals surface area contributed by atoms with Gasteiger partial charge in [-0.2, -0.15) is 0 Å². The zero-order valence-corrected chi connectivity index (χ0v) is 23.3. The summed E-state index contributed by atoms with van der Waals surface area (Å²) in [6.07, 6.45) is -0.280. The molecule has 3 aromatic carbocycles. The molecule has 5 rings (SSSR count). The summed E-state index contributed by atoms with van der Waals surface area (Å²) >= 11 is 0. The summed E-state index contributed by atoms with van der Waals surface area (Å²) in [6.45, 7) is 8.98. The van der Waals surface area contributed by atoms with E-state index in [1.54, 1.807) is 11.0 Å². The van der Waals surface area contributed by atoms with Crippen molar-refractivity contribution in [2.24, 2.45) is 0 Å². The average molecular weight is 557 g/mol. The molecule has 1 fully saturated rings. The molecular weight excluding hydrogens is 524 g/mol. The summed E-state index contributed by atoms with van der Waals surface area (Å²) in [5.41, 5.74) is 2.84. The Kier molecular flexibility index (Phi) is 7.76. The number of fused-ring (bicyclic) bond motifs is 1. The van der Waals surface area contributed by atoms with Crippen LogP contribution in [0.5, 0.6) is 0 Å². The van der Waals surface area contributed by atoms with Crippen LogP contribution in [0, 0.1) is 10.1 Å². The van der Waals surface area contributed by atoms with Crippen LogP contribution in [0.3, 0.4) is 0 Å². The minimum Gasteiger partial charge on any atom is -0.456 e. The number of furan rings is 1. The van der Waals surface area contributed by atoms with E-state index in [1.807, 2.05) is 57.2 Å². The number of piperazine rings is 1. The van der Waals surface area contributed by atoms with Crippen molar-refractivity contribution in [3.8, 4) is 11.3 Å².